The van der Waals surface area contributed by atoms with Crippen LogP contribution >= 0.6 is 0 Å². The van der Waals surface area contributed by atoms with E-state index in [-0.39, 0.29) is 0 Å². The van der Waals surface area contributed by atoms with Crippen molar-refractivity contribution in [3.05, 3.63) is 188 Å². The summed E-state index contributed by atoms with van der Waals surface area (Å²) in [7, 11) is 0. The monoisotopic (exact) mass is 693 g/mol. The Morgan fingerprint density at radius 1 is 0.444 bits per heavy atom. The number of ether oxygens (including phenoxy) is 1. The second-order valence-corrected chi connectivity index (χ2v) is 13.2. The Morgan fingerprint density at radius 3 is 1.85 bits per heavy atom. The first kappa shape index (κ1) is 31.4. The first-order valence-electron chi connectivity index (χ1n) is 17.9. The summed E-state index contributed by atoms with van der Waals surface area (Å²) < 4.78 is 12.6. The lowest BCUT2D eigenvalue weighted by Crippen LogP contribution is -2.00. The van der Waals surface area contributed by atoms with Gasteiger partial charge in [0.25, 0.3) is 0 Å². The van der Waals surface area contributed by atoms with E-state index in [4.69, 9.17) is 24.1 Å². The summed E-state index contributed by atoms with van der Waals surface area (Å²) in [5.74, 6) is 2.66. The Kier molecular flexibility index (Phi) is 7.55. The molecule has 2 aromatic heterocycles. The van der Waals surface area contributed by atoms with Gasteiger partial charge in [0.15, 0.2) is 17.5 Å². The standard InChI is InChI=1S/C49H31N3O2/c1-31-14-10-11-29-53-42-23-12-21-35(45(31)42)34-25-26-41-44(30-34)54-43-24-13-22-39(46(41)43)38-27-28-40(37-20-9-8-19-36(37)38)49-51-47(32-15-4-2-5-16-32)50-48(52-49)33-17-6-3-7-18-33/h2-30H,1H2/b14-10-,29-11-. The molecule has 54 heavy (non-hydrogen) atoms. The zero-order chi connectivity index (χ0) is 36.0. The van der Waals surface area contributed by atoms with Crippen LogP contribution in [-0.2, 0) is 0 Å². The summed E-state index contributed by atoms with van der Waals surface area (Å²) in [6.07, 6.45) is 7.51. The van der Waals surface area contributed by atoms with Gasteiger partial charge in [0, 0.05) is 33.0 Å². The van der Waals surface area contributed by atoms with E-state index < -0.39 is 0 Å². The van der Waals surface area contributed by atoms with E-state index in [9.17, 15) is 0 Å². The number of fused-ring (bicyclic) bond motifs is 5. The van der Waals surface area contributed by atoms with E-state index >= 15 is 0 Å². The first-order valence-corrected chi connectivity index (χ1v) is 17.9. The van der Waals surface area contributed by atoms with Gasteiger partial charge in [-0.3, -0.25) is 0 Å². The Morgan fingerprint density at radius 2 is 1.09 bits per heavy atom. The number of nitrogens with zero attached hydrogens (tertiary/aromatic N) is 3. The van der Waals surface area contributed by atoms with E-state index in [1.165, 1.54) is 0 Å². The summed E-state index contributed by atoms with van der Waals surface area (Å²) >= 11 is 0. The fourth-order valence-corrected chi connectivity index (χ4v) is 7.49. The minimum absolute atomic E-state index is 0.624. The van der Waals surface area contributed by atoms with E-state index in [0.29, 0.717) is 17.5 Å². The summed E-state index contributed by atoms with van der Waals surface area (Å²) in [5.41, 5.74) is 10.6. The molecule has 254 valence electrons. The number of benzene rings is 7. The van der Waals surface area contributed by atoms with Crippen molar-refractivity contribution in [2.75, 3.05) is 0 Å². The summed E-state index contributed by atoms with van der Waals surface area (Å²) in [6.45, 7) is 4.34. The maximum absolute atomic E-state index is 6.60. The third-order valence-corrected chi connectivity index (χ3v) is 9.99. The molecule has 3 heterocycles. The lowest BCUT2D eigenvalue weighted by Gasteiger charge is -2.16. The molecule has 0 saturated carbocycles. The number of aromatic nitrogens is 3. The molecular weight excluding hydrogens is 663 g/mol. The maximum Gasteiger partial charge on any atom is 0.164 e. The lowest BCUT2D eigenvalue weighted by molar-refractivity contribution is 0.480. The summed E-state index contributed by atoms with van der Waals surface area (Å²) in [4.78, 5) is 15.0. The first-order chi connectivity index (χ1) is 26.7. The highest BCUT2D eigenvalue weighted by molar-refractivity contribution is 6.17. The fraction of sp³-hybridized carbons (Fsp3) is 0. The summed E-state index contributed by atoms with van der Waals surface area (Å²) in [6, 6.07) is 51.8. The van der Waals surface area contributed by atoms with Crippen molar-refractivity contribution < 1.29 is 9.15 Å². The lowest BCUT2D eigenvalue weighted by atomic mass is 9.91. The van der Waals surface area contributed by atoms with Crippen molar-refractivity contribution in [1.29, 1.82) is 0 Å². The average molecular weight is 694 g/mol. The van der Waals surface area contributed by atoms with Gasteiger partial charge in [-0.1, -0.05) is 140 Å². The number of hydrogen-bond acceptors (Lipinski definition) is 5. The topological polar surface area (TPSA) is 61.0 Å². The van der Waals surface area contributed by atoms with Gasteiger partial charge < -0.3 is 9.15 Å². The van der Waals surface area contributed by atoms with Gasteiger partial charge in [-0.25, -0.2) is 15.0 Å². The third-order valence-electron chi connectivity index (χ3n) is 9.99. The highest BCUT2D eigenvalue weighted by Crippen LogP contribution is 2.43. The molecule has 0 N–H and O–H groups in total. The molecule has 7 aromatic carbocycles. The SMILES string of the molecule is C=C1/C=C\C=C/Oc2cccc(-c3ccc4c(c3)oc3cccc(-c5ccc(-c6nc(-c7ccccc7)nc(-c7ccccc7)n6)c6ccccc56)c34)c21. The van der Waals surface area contributed by atoms with Gasteiger partial charge >= 0.3 is 0 Å². The van der Waals surface area contributed by atoms with Gasteiger partial charge in [0.1, 0.15) is 16.9 Å². The quantitative estimate of drug-likeness (QED) is 0.180. The number of rotatable bonds is 5. The molecule has 5 heteroatoms. The van der Waals surface area contributed by atoms with Gasteiger partial charge in [-0.15, -0.1) is 0 Å². The van der Waals surface area contributed by atoms with Crippen LogP contribution in [0.15, 0.2) is 187 Å². The molecule has 0 radical (unpaired) electrons. The van der Waals surface area contributed by atoms with Gasteiger partial charge in [0.2, 0.25) is 0 Å². The normalized spacial score (nSPS) is 13.7. The average Bonchev–Trinajstić information content (AvgIpc) is 3.61. The van der Waals surface area contributed by atoms with Crippen molar-refractivity contribution in [2.24, 2.45) is 0 Å². The number of furan rings is 1. The van der Waals surface area contributed by atoms with Crippen molar-refractivity contribution >= 4 is 38.3 Å². The molecule has 0 saturated heterocycles. The van der Waals surface area contributed by atoms with Gasteiger partial charge in [-0.05, 0) is 75.0 Å². The van der Waals surface area contributed by atoms with E-state index in [0.717, 1.165) is 88.5 Å². The molecule has 9 aromatic rings. The molecule has 0 bridgehead atoms. The zero-order valence-electron chi connectivity index (χ0n) is 29.1. The molecule has 10 rings (SSSR count). The minimum Gasteiger partial charge on any atom is -0.464 e. The van der Waals surface area contributed by atoms with Gasteiger partial charge in [-0.2, -0.15) is 0 Å². The fourth-order valence-electron chi connectivity index (χ4n) is 7.49. The molecule has 0 fully saturated rings. The van der Waals surface area contributed by atoms with E-state index in [2.05, 4.69) is 79.4 Å². The predicted octanol–water partition coefficient (Wildman–Crippen LogP) is 12.7. The molecule has 0 unspecified atom stereocenters. The third kappa shape index (κ3) is 5.38. The summed E-state index contributed by atoms with van der Waals surface area (Å²) in [5, 5.41) is 4.27. The van der Waals surface area contributed by atoms with Crippen LogP contribution in [0.5, 0.6) is 5.75 Å². The Hall–Kier alpha value is -7.37. The number of allylic oxidation sites excluding steroid dienone is 4. The molecule has 1 aliphatic heterocycles. The molecule has 5 nitrogen and oxygen atoms in total. The van der Waals surface area contributed by atoms with Crippen LogP contribution in [0.2, 0.25) is 0 Å². The molecular formula is C49H31N3O2. The molecule has 0 aliphatic carbocycles. The highest BCUT2D eigenvalue weighted by Gasteiger charge is 2.20. The van der Waals surface area contributed by atoms with Crippen LogP contribution in [0.1, 0.15) is 5.56 Å². The second kappa shape index (κ2) is 13.0. The number of hydrogen-bond donors (Lipinski definition) is 0. The van der Waals surface area contributed by atoms with Crippen LogP contribution in [0.25, 0.3) is 94.7 Å². The van der Waals surface area contributed by atoms with Crippen molar-refractivity contribution in [2.45, 2.75) is 0 Å². The van der Waals surface area contributed by atoms with Crippen molar-refractivity contribution in [3.63, 3.8) is 0 Å². The van der Waals surface area contributed by atoms with Gasteiger partial charge in [0.05, 0.1) is 6.26 Å². The van der Waals surface area contributed by atoms with Crippen LogP contribution in [0.4, 0.5) is 0 Å². The van der Waals surface area contributed by atoms with E-state index in [1.54, 1.807) is 6.26 Å². The Labute approximate surface area is 311 Å². The largest absolute Gasteiger partial charge is 0.464 e. The van der Waals surface area contributed by atoms with Crippen molar-refractivity contribution in [3.8, 4) is 62.2 Å². The highest BCUT2D eigenvalue weighted by atomic mass is 16.5. The van der Waals surface area contributed by atoms with Crippen LogP contribution in [0.3, 0.4) is 0 Å². The maximum atomic E-state index is 6.60. The van der Waals surface area contributed by atoms with Crippen molar-refractivity contribution in [1.82, 2.24) is 15.0 Å². The molecule has 0 atom stereocenters. The Bertz CT molecular complexity index is 2920. The smallest absolute Gasteiger partial charge is 0.164 e. The molecule has 1 aliphatic rings. The second-order valence-electron chi connectivity index (χ2n) is 13.2. The molecule has 0 spiro atoms. The predicted molar refractivity (Wildman–Crippen MR) is 220 cm³/mol. The van der Waals surface area contributed by atoms with E-state index in [1.807, 2.05) is 97.1 Å². The zero-order valence-corrected chi connectivity index (χ0v) is 29.1. The molecule has 0 amide bonds. The minimum atomic E-state index is 0.624. The van der Waals surface area contributed by atoms with Crippen LogP contribution < -0.4 is 4.74 Å². The van der Waals surface area contributed by atoms with Crippen LogP contribution in [-0.4, -0.2) is 15.0 Å². The van der Waals surface area contributed by atoms with Crippen LogP contribution in [0, 0.1) is 0 Å². The Balaban J connectivity index is 1.13.